The van der Waals surface area contributed by atoms with Crippen molar-refractivity contribution < 1.29 is 17.5 Å². The summed E-state index contributed by atoms with van der Waals surface area (Å²) in [6.45, 7) is 2.40. The van der Waals surface area contributed by atoms with E-state index in [0.29, 0.717) is 12.5 Å². The lowest BCUT2D eigenvalue weighted by atomic mass is 10.1. The molecule has 5 nitrogen and oxygen atoms in total. The number of nitrogens with one attached hydrogen (secondary N) is 1. The van der Waals surface area contributed by atoms with Crippen molar-refractivity contribution in [3.05, 3.63) is 24.0 Å². The van der Waals surface area contributed by atoms with Crippen LogP contribution in [0.2, 0.25) is 0 Å². The Bertz CT molecular complexity index is 542. The van der Waals surface area contributed by atoms with Crippen molar-refractivity contribution in [3.8, 4) is 5.75 Å². The van der Waals surface area contributed by atoms with Gasteiger partial charge in [0.05, 0.1) is 11.5 Å². The van der Waals surface area contributed by atoms with Gasteiger partial charge in [-0.1, -0.05) is 0 Å². The molecule has 1 aliphatic rings. The van der Waals surface area contributed by atoms with Gasteiger partial charge in [0, 0.05) is 0 Å². The summed E-state index contributed by atoms with van der Waals surface area (Å²) < 4.78 is 41.0. The number of ether oxygens (including phenoxy) is 1. The molecule has 1 aliphatic heterocycles. The maximum Gasteiger partial charge on any atom is 0.238 e. The summed E-state index contributed by atoms with van der Waals surface area (Å²) in [4.78, 5) is -0.252. The molecule has 1 aromatic carbocycles. The Kier molecular flexibility index (Phi) is 4.38. The molecule has 0 aliphatic carbocycles. The molecule has 0 saturated carbocycles. The summed E-state index contributed by atoms with van der Waals surface area (Å²) in [5.41, 5.74) is 0. The predicted molar refractivity (Wildman–Crippen MR) is 68.9 cm³/mol. The van der Waals surface area contributed by atoms with Crippen LogP contribution in [-0.2, 0) is 10.0 Å². The molecule has 7 heteroatoms. The van der Waals surface area contributed by atoms with Gasteiger partial charge in [-0.25, -0.2) is 17.9 Å². The van der Waals surface area contributed by atoms with E-state index in [0.717, 1.165) is 32.0 Å². The van der Waals surface area contributed by atoms with Gasteiger partial charge in [0.1, 0.15) is 0 Å². The van der Waals surface area contributed by atoms with E-state index in [-0.39, 0.29) is 10.6 Å². The van der Waals surface area contributed by atoms with Gasteiger partial charge >= 0.3 is 0 Å². The minimum Gasteiger partial charge on any atom is -0.491 e. The number of benzene rings is 1. The van der Waals surface area contributed by atoms with Crippen molar-refractivity contribution in [1.82, 2.24) is 5.32 Å². The fourth-order valence-electron chi connectivity index (χ4n) is 2.07. The number of halogens is 1. The second-order valence-corrected chi connectivity index (χ2v) is 6.19. The van der Waals surface area contributed by atoms with Crippen LogP contribution in [0.4, 0.5) is 4.39 Å². The third-order valence-corrected chi connectivity index (χ3v) is 4.09. The Morgan fingerprint density at radius 3 is 2.84 bits per heavy atom. The Morgan fingerprint density at radius 1 is 1.47 bits per heavy atom. The summed E-state index contributed by atoms with van der Waals surface area (Å²) in [5.74, 6) is -0.0961. The Morgan fingerprint density at radius 2 is 2.26 bits per heavy atom. The van der Waals surface area contributed by atoms with Crippen LogP contribution in [0.3, 0.4) is 0 Å². The van der Waals surface area contributed by atoms with Crippen molar-refractivity contribution in [2.75, 3.05) is 19.7 Å². The van der Waals surface area contributed by atoms with Crippen LogP contribution in [-0.4, -0.2) is 28.1 Å². The van der Waals surface area contributed by atoms with Gasteiger partial charge in [0.2, 0.25) is 10.0 Å². The van der Waals surface area contributed by atoms with Crippen LogP contribution in [0.15, 0.2) is 23.1 Å². The third-order valence-electron chi connectivity index (χ3n) is 3.18. The molecule has 1 unspecified atom stereocenters. The molecule has 0 aromatic heterocycles. The van der Waals surface area contributed by atoms with Gasteiger partial charge in [0.15, 0.2) is 11.6 Å². The fraction of sp³-hybridized carbons (Fsp3) is 0.500. The van der Waals surface area contributed by atoms with Crippen LogP contribution in [0, 0.1) is 11.7 Å². The van der Waals surface area contributed by atoms with Gasteiger partial charge in [0.25, 0.3) is 0 Å². The smallest absolute Gasteiger partial charge is 0.238 e. The Balaban J connectivity index is 1.93. The van der Waals surface area contributed by atoms with Crippen molar-refractivity contribution >= 4 is 10.0 Å². The molecule has 0 amide bonds. The van der Waals surface area contributed by atoms with E-state index >= 15 is 0 Å². The largest absolute Gasteiger partial charge is 0.491 e. The molecule has 19 heavy (non-hydrogen) atoms. The van der Waals surface area contributed by atoms with Crippen LogP contribution >= 0.6 is 0 Å². The molecular formula is C12H17FN2O3S. The van der Waals surface area contributed by atoms with Crippen molar-refractivity contribution in [2.24, 2.45) is 11.1 Å². The van der Waals surface area contributed by atoms with Gasteiger partial charge in [-0.3, -0.25) is 0 Å². The third kappa shape index (κ3) is 3.89. The lowest BCUT2D eigenvalue weighted by molar-refractivity contribution is 0.271. The fourth-order valence-corrected chi connectivity index (χ4v) is 2.60. The van der Waals surface area contributed by atoms with E-state index < -0.39 is 15.8 Å². The van der Waals surface area contributed by atoms with E-state index in [1.54, 1.807) is 0 Å². The second-order valence-electron chi connectivity index (χ2n) is 4.63. The molecule has 1 atom stereocenters. The summed E-state index contributed by atoms with van der Waals surface area (Å²) in [5, 5.41) is 8.16. The van der Waals surface area contributed by atoms with E-state index in [4.69, 9.17) is 9.88 Å². The number of hydrogen-bond donors (Lipinski definition) is 2. The number of primary sulfonamides is 1. The van der Waals surface area contributed by atoms with Crippen LogP contribution in [0.25, 0.3) is 0 Å². The van der Waals surface area contributed by atoms with Crippen LogP contribution in [0.1, 0.15) is 12.8 Å². The molecule has 0 radical (unpaired) electrons. The molecule has 0 spiro atoms. The van der Waals surface area contributed by atoms with Gasteiger partial charge in [-0.05, 0) is 50.0 Å². The normalized spacial score (nSPS) is 19.6. The van der Waals surface area contributed by atoms with Crippen molar-refractivity contribution in [1.29, 1.82) is 0 Å². The maximum absolute atomic E-state index is 13.6. The molecule has 1 heterocycles. The zero-order valence-electron chi connectivity index (χ0n) is 10.4. The predicted octanol–water partition coefficient (Wildman–Crippen LogP) is 0.851. The van der Waals surface area contributed by atoms with E-state index in [2.05, 4.69) is 5.32 Å². The molecule has 1 fully saturated rings. The topological polar surface area (TPSA) is 81.4 Å². The van der Waals surface area contributed by atoms with Gasteiger partial charge < -0.3 is 10.1 Å². The zero-order chi connectivity index (χ0) is 13.9. The number of hydrogen-bond acceptors (Lipinski definition) is 4. The molecule has 1 aromatic rings. The molecule has 106 valence electrons. The maximum atomic E-state index is 13.6. The summed E-state index contributed by atoms with van der Waals surface area (Å²) in [6, 6.07) is 3.41. The summed E-state index contributed by atoms with van der Waals surface area (Å²) in [7, 11) is -3.88. The van der Waals surface area contributed by atoms with E-state index in [9.17, 15) is 12.8 Å². The Labute approximate surface area is 112 Å². The lowest BCUT2D eigenvalue weighted by Gasteiger charge is -2.11. The molecule has 0 bridgehead atoms. The highest BCUT2D eigenvalue weighted by atomic mass is 32.2. The number of sulfonamides is 1. The number of rotatable bonds is 5. The zero-order valence-corrected chi connectivity index (χ0v) is 11.2. The highest BCUT2D eigenvalue weighted by Gasteiger charge is 2.15. The molecule has 2 rings (SSSR count). The minimum absolute atomic E-state index is 0.0540. The first-order chi connectivity index (χ1) is 8.97. The molecule has 3 N–H and O–H groups in total. The second kappa shape index (κ2) is 5.85. The summed E-state index contributed by atoms with van der Waals surface area (Å²) in [6.07, 6.45) is 1.96. The van der Waals surface area contributed by atoms with Crippen molar-refractivity contribution in [2.45, 2.75) is 17.7 Å². The quantitative estimate of drug-likeness (QED) is 0.841. The first kappa shape index (κ1) is 14.2. The van der Waals surface area contributed by atoms with Crippen LogP contribution in [0.5, 0.6) is 5.75 Å². The first-order valence-corrected chi connectivity index (χ1v) is 7.67. The number of nitrogens with two attached hydrogens (primary N) is 1. The minimum atomic E-state index is -3.88. The highest BCUT2D eigenvalue weighted by Crippen LogP contribution is 2.21. The monoisotopic (exact) mass is 288 g/mol. The van der Waals surface area contributed by atoms with E-state index in [1.165, 1.54) is 12.1 Å². The average molecular weight is 288 g/mol. The average Bonchev–Trinajstić information content (AvgIpc) is 2.83. The summed E-state index contributed by atoms with van der Waals surface area (Å²) >= 11 is 0. The van der Waals surface area contributed by atoms with Crippen molar-refractivity contribution in [3.63, 3.8) is 0 Å². The first-order valence-electron chi connectivity index (χ1n) is 6.12. The standard InChI is InChI=1S/C12H17FN2O3S/c13-11-7-10(19(14,16)17)1-2-12(11)18-6-4-9-3-5-15-8-9/h1-2,7,9,15H,3-6,8H2,(H2,14,16,17). The van der Waals surface area contributed by atoms with Gasteiger partial charge in [-0.2, -0.15) is 0 Å². The SMILES string of the molecule is NS(=O)(=O)c1ccc(OCCC2CCNC2)c(F)c1. The van der Waals surface area contributed by atoms with Gasteiger partial charge in [-0.15, -0.1) is 0 Å². The molecular weight excluding hydrogens is 271 g/mol. The Hall–Kier alpha value is -1.18. The molecule has 1 saturated heterocycles. The lowest BCUT2D eigenvalue weighted by Crippen LogP contribution is -2.13. The highest BCUT2D eigenvalue weighted by molar-refractivity contribution is 7.89. The van der Waals surface area contributed by atoms with Crippen LogP contribution < -0.4 is 15.2 Å². The van der Waals surface area contributed by atoms with E-state index in [1.807, 2.05) is 0 Å².